The molecule has 0 aromatic carbocycles. The minimum Gasteiger partial charge on any atom is -0.460 e. The van der Waals surface area contributed by atoms with E-state index in [2.05, 4.69) is 9.97 Å². The lowest BCUT2D eigenvalue weighted by Gasteiger charge is -2.27. The standard InChI is InChI=1S/C18H27N3O3S/c1-18(2,3)24-15(22)8-6-5-7-10-21-11-9-14-13(16(21)23)12-19-17(20-14)25-4/h12H,5-11H2,1-4H3. The summed E-state index contributed by atoms with van der Waals surface area (Å²) in [6.07, 6.45) is 7.34. The highest BCUT2D eigenvalue weighted by Crippen LogP contribution is 2.20. The molecule has 0 spiro atoms. The SMILES string of the molecule is CSc1ncc2c(n1)CCN(CCCCCC(=O)OC(C)(C)C)C2=O. The fourth-order valence-corrected chi connectivity index (χ4v) is 3.09. The molecule has 1 aliphatic rings. The first kappa shape index (κ1) is 19.7. The number of esters is 1. The third-order valence-corrected chi connectivity index (χ3v) is 4.46. The summed E-state index contributed by atoms with van der Waals surface area (Å²) in [5.41, 5.74) is 1.05. The summed E-state index contributed by atoms with van der Waals surface area (Å²) in [4.78, 5) is 34.7. The van der Waals surface area contributed by atoms with Crippen molar-refractivity contribution in [3.63, 3.8) is 0 Å². The predicted molar refractivity (Wildman–Crippen MR) is 97.7 cm³/mol. The van der Waals surface area contributed by atoms with Crippen LogP contribution in [0.2, 0.25) is 0 Å². The van der Waals surface area contributed by atoms with Crippen molar-refractivity contribution in [1.29, 1.82) is 0 Å². The Labute approximate surface area is 153 Å². The normalized spacial score (nSPS) is 14.4. The van der Waals surface area contributed by atoms with E-state index < -0.39 is 5.60 Å². The van der Waals surface area contributed by atoms with Crippen LogP contribution in [-0.4, -0.2) is 51.7 Å². The predicted octanol–water partition coefficient (Wildman–Crippen LogP) is 3.10. The second-order valence-corrected chi connectivity index (χ2v) is 7.93. The molecule has 6 nitrogen and oxygen atoms in total. The van der Waals surface area contributed by atoms with Gasteiger partial charge in [0.25, 0.3) is 5.91 Å². The molecule has 138 valence electrons. The Morgan fingerprint density at radius 1 is 1.32 bits per heavy atom. The van der Waals surface area contributed by atoms with Crippen LogP contribution in [0, 0.1) is 0 Å². The largest absolute Gasteiger partial charge is 0.460 e. The molecule has 0 bridgehead atoms. The number of carbonyl (C=O) groups excluding carboxylic acids is 2. The van der Waals surface area contributed by atoms with E-state index >= 15 is 0 Å². The van der Waals surface area contributed by atoms with Gasteiger partial charge in [0.15, 0.2) is 5.16 Å². The monoisotopic (exact) mass is 365 g/mol. The van der Waals surface area contributed by atoms with Gasteiger partial charge >= 0.3 is 5.97 Å². The van der Waals surface area contributed by atoms with Gasteiger partial charge in [-0.15, -0.1) is 0 Å². The fraction of sp³-hybridized carbons (Fsp3) is 0.667. The molecule has 1 amide bonds. The van der Waals surface area contributed by atoms with E-state index in [9.17, 15) is 9.59 Å². The van der Waals surface area contributed by atoms with Gasteiger partial charge in [0.1, 0.15) is 5.60 Å². The maximum Gasteiger partial charge on any atom is 0.306 e. The van der Waals surface area contributed by atoms with Crippen molar-refractivity contribution in [1.82, 2.24) is 14.9 Å². The summed E-state index contributed by atoms with van der Waals surface area (Å²) < 4.78 is 5.29. The van der Waals surface area contributed by atoms with Gasteiger partial charge in [0.2, 0.25) is 0 Å². The third kappa shape index (κ3) is 5.99. The summed E-state index contributed by atoms with van der Waals surface area (Å²) >= 11 is 1.48. The molecule has 25 heavy (non-hydrogen) atoms. The van der Waals surface area contributed by atoms with Gasteiger partial charge in [-0.1, -0.05) is 18.2 Å². The van der Waals surface area contributed by atoms with Crippen LogP contribution in [0.1, 0.15) is 62.5 Å². The molecule has 0 N–H and O–H groups in total. The lowest BCUT2D eigenvalue weighted by molar-refractivity contribution is -0.154. The molecule has 0 saturated carbocycles. The van der Waals surface area contributed by atoms with Crippen molar-refractivity contribution >= 4 is 23.6 Å². The van der Waals surface area contributed by atoms with Crippen molar-refractivity contribution in [3.05, 3.63) is 17.5 Å². The summed E-state index contributed by atoms with van der Waals surface area (Å²) in [6.45, 7) is 7.02. The molecule has 2 heterocycles. The number of carbonyl (C=O) groups is 2. The number of hydrogen-bond acceptors (Lipinski definition) is 6. The van der Waals surface area contributed by atoms with E-state index in [1.54, 1.807) is 6.20 Å². The van der Waals surface area contributed by atoms with Crippen LogP contribution in [0.5, 0.6) is 0 Å². The van der Waals surface area contributed by atoms with E-state index in [1.165, 1.54) is 11.8 Å². The topological polar surface area (TPSA) is 72.4 Å². The van der Waals surface area contributed by atoms with Gasteiger partial charge in [0, 0.05) is 32.1 Å². The number of amides is 1. The molecule has 0 fully saturated rings. The number of ether oxygens (including phenoxy) is 1. The first-order chi connectivity index (χ1) is 11.8. The molecule has 2 rings (SSSR count). The molecular weight excluding hydrogens is 338 g/mol. The number of hydrogen-bond donors (Lipinski definition) is 0. The average Bonchev–Trinajstić information content (AvgIpc) is 2.54. The van der Waals surface area contributed by atoms with Crippen LogP contribution >= 0.6 is 11.8 Å². The van der Waals surface area contributed by atoms with Gasteiger partial charge < -0.3 is 9.64 Å². The summed E-state index contributed by atoms with van der Waals surface area (Å²) in [7, 11) is 0. The quantitative estimate of drug-likeness (QED) is 0.320. The molecule has 0 saturated heterocycles. The number of fused-ring (bicyclic) bond motifs is 1. The number of unbranched alkanes of at least 4 members (excludes halogenated alkanes) is 2. The summed E-state index contributed by atoms with van der Waals surface area (Å²) in [5.74, 6) is -0.140. The maximum absolute atomic E-state index is 12.5. The van der Waals surface area contributed by atoms with E-state index in [-0.39, 0.29) is 11.9 Å². The van der Waals surface area contributed by atoms with Gasteiger partial charge in [-0.05, 0) is 39.9 Å². The second-order valence-electron chi connectivity index (χ2n) is 7.16. The molecule has 1 aromatic heterocycles. The van der Waals surface area contributed by atoms with Gasteiger partial charge in [-0.3, -0.25) is 9.59 Å². The Morgan fingerprint density at radius 2 is 2.08 bits per heavy atom. The van der Waals surface area contributed by atoms with Gasteiger partial charge in [-0.25, -0.2) is 9.97 Å². The van der Waals surface area contributed by atoms with Crippen molar-refractivity contribution in [2.24, 2.45) is 0 Å². The molecule has 0 radical (unpaired) electrons. The number of rotatable bonds is 7. The Balaban J connectivity index is 1.73. The van der Waals surface area contributed by atoms with Crippen LogP contribution in [0.15, 0.2) is 11.4 Å². The molecular formula is C18H27N3O3S. The Morgan fingerprint density at radius 3 is 2.76 bits per heavy atom. The third-order valence-electron chi connectivity index (χ3n) is 3.89. The van der Waals surface area contributed by atoms with E-state index in [4.69, 9.17) is 4.74 Å². The van der Waals surface area contributed by atoms with Crippen LogP contribution < -0.4 is 0 Å². The number of thioether (sulfide) groups is 1. The Hall–Kier alpha value is -1.63. The van der Waals surface area contributed by atoms with Crippen molar-refractivity contribution in [3.8, 4) is 0 Å². The number of aromatic nitrogens is 2. The molecule has 0 aliphatic carbocycles. The van der Waals surface area contributed by atoms with Crippen LogP contribution in [-0.2, 0) is 16.0 Å². The summed E-state index contributed by atoms with van der Waals surface area (Å²) in [6, 6.07) is 0. The zero-order valence-corrected chi connectivity index (χ0v) is 16.3. The van der Waals surface area contributed by atoms with E-state index in [1.807, 2.05) is 31.9 Å². The highest BCUT2D eigenvalue weighted by atomic mass is 32.2. The van der Waals surface area contributed by atoms with Crippen molar-refractivity contribution in [2.75, 3.05) is 19.3 Å². The minimum atomic E-state index is -0.428. The first-order valence-electron chi connectivity index (χ1n) is 8.71. The highest BCUT2D eigenvalue weighted by molar-refractivity contribution is 7.98. The smallest absolute Gasteiger partial charge is 0.306 e. The Kier molecular flexibility index (Phi) is 6.81. The summed E-state index contributed by atoms with van der Waals surface area (Å²) in [5, 5.41) is 0.710. The lowest BCUT2D eigenvalue weighted by atomic mass is 10.1. The van der Waals surface area contributed by atoms with Crippen molar-refractivity contribution < 1.29 is 14.3 Å². The van der Waals surface area contributed by atoms with Crippen molar-refractivity contribution in [2.45, 2.75) is 63.6 Å². The Bertz CT molecular complexity index is 628. The number of nitrogens with zero attached hydrogens (tertiary/aromatic N) is 3. The fourth-order valence-electron chi connectivity index (χ4n) is 2.73. The van der Waals surface area contributed by atoms with Crippen LogP contribution in [0.4, 0.5) is 0 Å². The highest BCUT2D eigenvalue weighted by Gasteiger charge is 2.25. The zero-order valence-electron chi connectivity index (χ0n) is 15.5. The minimum absolute atomic E-state index is 0.0149. The van der Waals surface area contributed by atoms with Crippen LogP contribution in [0.25, 0.3) is 0 Å². The second kappa shape index (κ2) is 8.65. The molecule has 0 atom stereocenters. The van der Waals surface area contributed by atoms with E-state index in [0.29, 0.717) is 30.2 Å². The maximum atomic E-state index is 12.5. The van der Waals surface area contributed by atoms with Gasteiger partial charge in [0.05, 0.1) is 11.3 Å². The lowest BCUT2D eigenvalue weighted by Crippen LogP contribution is -2.38. The molecule has 0 unspecified atom stereocenters. The molecule has 1 aromatic rings. The first-order valence-corrected chi connectivity index (χ1v) is 9.93. The van der Waals surface area contributed by atoms with Gasteiger partial charge in [-0.2, -0.15) is 0 Å². The zero-order chi connectivity index (χ0) is 18.4. The molecule has 1 aliphatic heterocycles. The van der Waals surface area contributed by atoms with Crippen LogP contribution in [0.3, 0.4) is 0 Å². The molecule has 7 heteroatoms. The van der Waals surface area contributed by atoms with E-state index in [0.717, 1.165) is 31.4 Å². The average molecular weight is 365 g/mol.